The van der Waals surface area contributed by atoms with Crippen LogP contribution < -0.4 is 59.2 Å². The van der Waals surface area contributed by atoms with Gasteiger partial charge in [0.25, 0.3) is 0 Å². The summed E-state index contributed by atoms with van der Waals surface area (Å²) < 4.78 is 55.8. The minimum absolute atomic E-state index is 0.336. The van der Waals surface area contributed by atoms with Gasteiger partial charge in [0, 0.05) is 115 Å². The third-order valence-electron chi connectivity index (χ3n) is 20.8. The number of nitrogens with zero attached hydrogens (tertiary/aromatic N) is 8. The molecule has 13 rings (SSSR count). The Balaban J connectivity index is 1.24. The number of ether oxygens (including phenoxy) is 8. The molecule has 0 saturated carbocycles. The summed E-state index contributed by atoms with van der Waals surface area (Å²) in [6.07, 6.45) is 25.4. The van der Waals surface area contributed by atoms with E-state index in [0.717, 1.165) is 123 Å². The largest absolute Gasteiger partial charge is 0.457 e. The first-order valence-electron chi connectivity index (χ1n) is 37.2. The Morgan fingerprint density at radius 1 is 0.298 bits per heavy atom. The third-order valence-corrected chi connectivity index (χ3v) is 20.8. The number of rotatable bonds is 32. The molecule has 4 aromatic rings. The SMILES string of the molecule is CCCCCCCC1c2c3cc4c(c2C=NN2CC(=O)NC2=O)C(CCCCCCC)c2c(cc5c(c2C=NN2CC(=O)NC2=O)C(CCCCCCC)c2c(cc6c(c2C=NN2CC(=O)NC2=O)C(CCCCCCC)c2c(cc(c1c2C=NN1CC(=O)NC1=O)OCO3)OCO6)OCO5)OCO4. The lowest BCUT2D eigenvalue weighted by Gasteiger charge is -2.38. The molecule has 4 saturated heterocycles. The minimum atomic E-state index is -0.769. The fourth-order valence-electron chi connectivity index (χ4n) is 15.9. The average Bonchev–Trinajstić information content (AvgIpc) is 1.06. The molecule has 9 aliphatic rings. The highest BCUT2D eigenvalue weighted by atomic mass is 16.7. The van der Waals surface area contributed by atoms with Crippen LogP contribution in [0.2, 0.25) is 0 Å². The van der Waals surface area contributed by atoms with E-state index in [1.54, 1.807) is 24.9 Å². The van der Waals surface area contributed by atoms with Gasteiger partial charge >= 0.3 is 24.1 Å². The zero-order valence-electron chi connectivity index (χ0n) is 59.7. The molecule has 28 heteroatoms. The predicted octanol–water partition coefficient (Wildman–Crippen LogP) is 12.4. The summed E-state index contributed by atoms with van der Waals surface area (Å²) >= 11 is 0. The Bertz CT molecular complexity index is 3500. The molecule has 552 valence electrons. The highest BCUT2D eigenvalue weighted by Crippen LogP contribution is 2.59. The molecule has 8 bridgehead atoms. The Morgan fingerprint density at radius 2 is 0.481 bits per heavy atom. The molecule has 12 amide bonds. The van der Waals surface area contributed by atoms with Crippen molar-refractivity contribution in [1.29, 1.82) is 0 Å². The fourth-order valence-corrected chi connectivity index (χ4v) is 15.9. The maximum Gasteiger partial charge on any atom is 0.344 e. The van der Waals surface area contributed by atoms with Crippen LogP contribution in [0, 0.1) is 0 Å². The number of unbranched alkanes of at least 4 members (excludes halogenated alkanes) is 16. The summed E-state index contributed by atoms with van der Waals surface area (Å²) in [5, 5.41) is 33.8. The molecule has 8 heterocycles. The molecular weight excluding hydrogens is 1340 g/mol. The van der Waals surface area contributed by atoms with Gasteiger partial charge in [0.1, 0.15) is 72.2 Å². The number of carbonyl (C=O) groups excluding carboxylic acids is 8. The molecule has 0 radical (unpaired) electrons. The first kappa shape index (κ1) is 72.1. The van der Waals surface area contributed by atoms with Crippen LogP contribution in [-0.4, -0.2) is 146 Å². The summed E-state index contributed by atoms with van der Waals surface area (Å²) in [5.74, 6) is -2.57. The second-order valence-corrected chi connectivity index (χ2v) is 27.7. The monoisotopic (exact) mass is 1430 g/mol. The van der Waals surface area contributed by atoms with Gasteiger partial charge in [-0.3, -0.25) is 40.4 Å². The summed E-state index contributed by atoms with van der Waals surface area (Å²) in [4.78, 5) is 108. The topological polar surface area (TPSA) is 321 Å². The molecule has 28 nitrogen and oxygen atoms in total. The molecule has 0 aromatic heterocycles. The number of hydrazone groups is 4. The predicted molar refractivity (Wildman–Crippen MR) is 382 cm³/mol. The van der Waals surface area contributed by atoms with Gasteiger partial charge in [-0.25, -0.2) is 39.2 Å². The van der Waals surface area contributed by atoms with Crippen molar-refractivity contribution in [3.05, 3.63) is 91.0 Å². The molecule has 4 N–H and O–H groups in total. The molecule has 104 heavy (non-hydrogen) atoms. The van der Waals surface area contributed by atoms with E-state index < -0.39 is 71.4 Å². The van der Waals surface area contributed by atoms with Crippen LogP contribution in [0.4, 0.5) is 19.2 Å². The second kappa shape index (κ2) is 33.0. The van der Waals surface area contributed by atoms with Gasteiger partial charge < -0.3 is 37.9 Å². The summed E-state index contributed by atoms with van der Waals surface area (Å²) in [7, 11) is 0. The molecule has 4 fully saturated rings. The quantitative estimate of drug-likeness (QED) is 0.0200. The first-order valence-corrected chi connectivity index (χ1v) is 37.2. The second-order valence-electron chi connectivity index (χ2n) is 27.7. The molecule has 8 aliphatic heterocycles. The lowest BCUT2D eigenvalue weighted by atomic mass is 9.70. The number of hydrogen-bond donors (Lipinski definition) is 4. The Morgan fingerprint density at radius 3 is 0.644 bits per heavy atom. The normalized spacial score (nSPS) is 20.0. The van der Waals surface area contributed by atoms with Gasteiger partial charge in [-0.1, -0.05) is 156 Å². The number of nitrogens with one attached hydrogen (secondary N) is 4. The Hall–Kier alpha value is -10.3. The van der Waals surface area contributed by atoms with Gasteiger partial charge in [-0.05, 0) is 25.7 Å². The maximum atomic E-state index is 13.9. The minimum Gasteiger partial charge on any atom is -0.457 e. The summed E-state index contributed by atoms with van der Waals surface area (Å²) in [6, 6.07) is 4.53. The Labute approximate surface area is 603 Å². The molecular formula is C76H92N12O16. The van der Waals surface area contributed by atoms with E-state index in [9.17, 15) is 38.4 Å². The van der Waals surface area contributed by atoms with Crippen molar-refractivity contribution in [1.82, 2.24) is 41.3 Å². The van der Waals surface area contributed by atoms with Crippen LogP contribution in [0.1, 0.15) is 272 Å². The fraction of sp³-hybridized carbons (Fsp3) is 0.526. The summed E-state index contributed by atoms with van der Waals surface area (Å²) in [5.41, 5.74) is 6.84. The van der Waals surface area contributed by atoms with E-state index in [0.29, 0.717) is 164 Å². The molecule has 4 aromatic carbocycles. The van der Waals surface area contributed by atoms with E-state index in [4.69, 9.17) is 58.3 Å². The number of carbonyl (C=O) groups is 8. The van der Waals surface area contributed by atoms with Crippen LogP contribution in [0.5, 0.6) is 46.0 Å². The summed E-state index contributed by atoms with van der Waals surface area (Å²) in [6.45, 7) is 5.63. The van der Waals surface area contributed by atoms with E-state index in [-0.39, 0.29) is 53.4 Å². The van der Waals surface area contributed by atoms with Crippen LogP contribution in [-0.2, 0) is 19.2 Å². The van der Waals surface area contributed by atoms with Crippen molar-refractivity contribution in [3.63, 3.8) is 0 Å². The van der Waals surface area contributed by atoms with Crippen molar-refractivity contribution < 1.29 is 76.3 Å². The van der Waals surface area contributed by atoms with E-state index in [1.807, 2.05) is 24.3 Å². The van der Waals surface area contributed by atoms with Crippen molar-refractivity contribution in [2.24, 2.45) is 20.4 Å². The standard InChI is InChI=1S/C76H92N12O16/c1-5-9-13-17-21-25-45-65-49(33-77-85-37-61(89)81-73(85)93)67-46(26-22-18-14-10-6-2)69-51(35-79-87-39-63(91)83-75(87)95)71-48(28-24-20-16-12-8-4)72-52(36-80-88-40-64(92)84-76(88)96)70-47(27-23-19-15-11-7-3)68-50(34-78-86-38-62(90)82-74(86)94)66(45)54-30-56(68)100-43-102-58(70)32-60(72)104-44-103-59(71)31-57(69)101-42-99-55(67)29-53(65)97-41-98-54/h29-36,45-48H,5-28,37-44H2,1-4H3,(H,81,89,93)(H,82,90,94)(H,83,91,95)(H,84,92,96). The number of benzene rings is 4. The zero-order chi connectivity index (χ0) is 72.4. The third kappa shape index (κ3) is 15.4. The van der Waals surface area contributed by atoms with Crippen LogP contribution >= 0.6 is 0 Å². The number of urea groups is 4. The lowest BCUT2D eigenvalue weighted by Crippen LogP contribution is -2.28. The Kier molecular flexibility index (Phi) is 22.9. The van der Waals surface area contributed by atoms with E-state index in [1.165, 1.54) is 0 Å². The molecule has 0 atom stereocenters. The van der Waals surface area contributed by atoms with Crippen LogP contribution in [0.3, 0.4) is 0 Å². The van der Waals surface area contributed by atoms with E-state index in [2.05, 4.69) is 49.0 Å². The smallest absolute Gasteiger partial charge is 0.344 e. The van der Waals surface area contributed by atoms with Crippen molar-refractivity contribution in [3.8, 4) is 46.0 Å². The van der Waals surface area contributed by atoms with Gasteiger partial charge in [-0.15, -0.1) is 0 Å². The van der Waals surface area contributed by atoms with Gasteiger partial charge in [0.15, 0.2) is 0 Å². The van der Waals surface area contributed by atoms with Gasteiger partial charge in [-0.2, -0.15) is 20.4 Å². The van der Waals surface area contributed by atoms with Crippen LogP contribution in [0.15, 0.2) is 44.7 Å². The molecule has 0 unspecified atom stereocenters. The highest BCUT2D eigenvalue weighted by Gasteiger charge is 2.44. The first-order chi connectivity index (χ1) is 50.7. The van der Waals surface area contributed by atoms with Crippen LogP contribution in [0.25, 0.3) is 0 Å². The maximum absolute atomic E-state index is 13.9. The number of hydrogen-bond acceptors (Lipinski definition) is 20. The lowest BCUT2D eigenvalue weighted by molar-refractivity contribution is -0.119. The average molecular weight is 1430 g/mol. The van der Waals surface area contributed by atoms with Crippen molar-refractivity contribution in [2.45, 2.75) is 205 Å². The molecule has 0 spiro atoms. The number of amides is 12. The highest BCUT2D eigenvalue weighted by molar-refractivity contribution is 6.05. The van der Waals surface area contributed by atoms with Gasteiger partial charge in [0.05, 0.1) is 24.9 Å². The van der Waals surface area contributed by atoms with Crippen molar-refractivity contribution in [2.75, 3.05) is 53.4 Å². The zero-order valence-corrected chi connectivity index (χ0v) is 59.7. The van der Waals surface area contributed by atoms with Gasteiger partial charge in [0.2, 0.25) is 50.8 Å². The number of imide groups is 4. The van der Waals surface area contributed by atoms with Crippen molar-refractivity contribution >= 4 is 72.6 Å². The van der Waals surface area contributed by atoms with E-state index >= 15 is 0 Å². The molecule has 1 aliphatic carbocycles.